The Bertz CT molecular complexity index is 476. The van der Waals surface area contributed by atoms with Gasteiger partial charge in [0.15, 0.2) is 0 Å². The van der Waals surface area contributed by atoms with Crippen LogP contribution in [0, 0.1) is 5.82 Å². The molecule has 0 bridgehead atoms. The van der Waals surface area contributed by atoms with Gasteiger partial charge in [0.1, 0.15) is 5.82 Å². The molecule has 0 heterocycles. The first-order valence-electron chi connectivity index (χ1n) is 4.96. The molecule has 0 aliphatic rings. The molecule has 0 fully saturated rings. The van der Waals surface area contributed by atoms with E-state index >= 15 is 0 Å². The van der Waals surface area contributed by atoms with Crippen molar-refractivity contribution in [1.29, 1.82) is 0 Å². The summed E-state index contributed by atoms with van der Waals surface area (Å²) >= 11 is 0. The zero-order valence-electron chi connectivity index (χ0n) is 9.44. The number of halogens is 1. The highest BCUT2D eigenvalue weighted by Gasteiger charge is 2.11. The molecule has 96 valence electrons. The van der Waals surface area contributed by atoms with Gasteiger partial charge in [-0.1, -0.05) is 0 Å². The molecular formula is C10H15FN2O3S. The third-order valence-electron chi connectivity index (χ3n) is 2.10. The average molecular weight is 262 g/mol. The number of anilines is 1. The van der Waals surface area contributed by atoms with Gasteiger partial charge in [-0.15, -0.1) is 0 Å². The van der Waals surface area contributed by atoms with Gasteiger partial charge in [0.2, 0.25) is 10.0 Å². The van der Waals surface area contributed by atoms with Crippen LogP contribution in [0.15, 0.2) is 18.2 Å². The van der Waals surface area contributed by atoms with E-state index in [-0.39, 0.29) is 24.5 Å². The smallest absolute Gasteiger partial charge is 0.234 e. The monoisotopic (exact) mass is 262 g/mol. The predicted octanol–water partition coefficient (Wildman–Crippen LogP) is 0.672. The van der Waals surface area contributed by atoms with E-state index in [0.29, 0.717) is 5.69 Å². The normalized spacial score (nSPS) is 11.5. The van der Waals surface area contributed by atoms with Crippen molar-refractivity contribution in [3.8, 4) is 0 Å². The van der Waals surface area contributed by atoms with Crippen LogP contribution in [0.4, 0.5) is 10.1 Å². The maximum atomic E-state index is 13.1. The molecular weight excluding hydrogens is 247 g/mol. The van der Waals surface area contributed by atoms with E-state index in [4.69, 9.17) is 5.73 Å². The van der Waals surface area contributed by atoms with Gasteiger partial charge < -0.3 is 10.5 Å². The van der Waals surface area contributed by atoms with E-state index < -0.39 is 15.8 Å². The van der Waals surface area contributed by atoms with Gasteiger partial charge in [-0.3, -0.25) is 4.72 Å². The number of methoxy groups -OCH3 is 1. The Labute approximate surface area is 99.8 Å². The van der Waals surface area contributed by atoms with Crippen molar-refractivity contribution in [1.82, 2.24) is 0 Å². The summed E-state index contributed by atoms with van der Waals surface area (Å²) in [5.74, 6) is -0.605. The Morgan fingerprint density at radius 1 is 1.47 bits per heavy atom. The molecule has 7 heteroatoms. The van der Waals surface area contributed by atoms with Gasteiger partial charge in [0.25, 0.3) is 0 Å². The molecule has 0 saturated carbocycles. The highest BCUT2D eigenvalue weighted by Crippen LogP contribution is 2.15. The highest BCUT2D eigenvalue weighted by molar-refractivity contribution is 7.92. The fourth-order valence-electron chi connectivity index (χ4n) is 1.22. The molecule has 0 unspecified atom stereocenters. The third kappa shape index (κ3) is 4.29. The molecule has 0 spiro atoms. The zero-order valence-corrected chi connectivity index (χ0v) is 10.3. The largest absolute Gasteiger partial charge is 0.384 e. The number of nitrogens with two attached hydrogens (primary N) is 1. The molecule has 0 saturated heterocycles. The number of nitrogens with one attached hydrogen (secondary N) is 1. The van der Waals surface area contributed by atoms with Crippen LogP contribution in [0.5, 0.6) is 0 Å². The van der Waals surface area contributed by atoms with Crippen LogP contribution in [0.2, 0.25) is 0 Å². The molecule has 5 nitrogen and oxygen atoms in total. The minimum atomic E-state index is -3.47. The molecule has 0 aliphatic heterocycles. The molecule has 17 heavy (non-hydrogen) atoms. The van der Waals surface area contributed by atoms with E-state index in [1.807, 2.05) is 0 Å². The summed E-state index contributed by atoms with van der Waals surface area (Å²) in [6, 6.07) is 3.90. The quantitative estimate of drug-likeness (QED) is 0.789. The van der Waals surface area contributed by atoms with E-state index in [2.05, 4.69) is 9.46 Å². The lowest BCUT2D eigenvalue weighted by Gasteiger charge is -2.09. The van der Waals surface area contributed by atoms with Crippen LogP contribution in [0.25, 0.3) is 0 Å². The average Bonchev–Trinajstić information content (AvgIpc) is 2.29. The van der Waals surface area contributed by atoms with Gasteiger partial charge in [0.05, 0.1) is 12.4 Å². The number of rotatable bonds is 6. The fraction of sp³-hybridized carbons (Fsp3) is 0.400. The number of hydrogen-bond acceptors (Lipinski definition) is 4. The summed E-state index contributed by atoms with van der Waals surface area (Å²) in [7, 11) is -2.06. The Hall–Kier alpha value is -1.18. The molecule has 1 aromatic rings. The van der Waals surface area contributed by atoms with Gasteiger partial charge >= 0.3 is 0 Å². The second kappa shape index (κ2) is 5.95. The second-order valence-electron chi connectivity index (χ2n) is 3.42. The topological polar surface area (TPSA) is 81.4 Å². The predicted molar refractivity (Wildman–Crippen MR) is 63.6 cm³/mol. The molecule has 1 rings (SSSR count). The number of hydrogen-bond donors (Lipinski definition) is 2. The van der Waals surface area contributed by atoms with Crippen LogP contribution >= 0.6 is 0 Å². The number of sulfonamides is 1. The van der Waals surface area contributed by atoms with Crippen LogP contribution in [0.3, 0.4) is 0 Å². The maximum Gasteiger partial charge on any atom is 0.234 e. The van der Waals surface area contributed by atoms with Crippen LogP contribution < -0.4 is 10.5 Å². The zero-order chi connectivity index (χ0) is 12.9. The maximum absolute atomic E-state index is 13.1. The van der Waals surface area contributed by atoms with E-state index in [0.717, 1.165) is 0 Å². The van der Waals surface area contributed by atoms with E-state index in [9.17, 15) is 12.8 Å². The molecule has 0 atom stereocenters. The van der Waals surface area contributed by atoms with Crippen molar-refractivity contribution in [2.45, 2.75) is 6.54 Å². The van der Waals surface area contributed by atoms with E-state index in [1.165, 1.54) is 25.3 Å². The Morgan fingerprint density at radius 3 is 2.76 bits per heavy atom. The molecule has 0 aliphatic carbocycles. The summed E-state index contributed by atoms with van der Waals surface area (Å²) in [5, 5.41) is 0. The molecule has 1 aromatic carbocycles. The van der Waals surface area contributed by atoms with Crippen LogP contribution in [0.1, 0.15) is 5.56 Å². The first-order chi connectivity index (χ1) is 7.98. The second-order valence-corrected chi connectivity index (χ2v) is 5.27. The molecule has 0 amide bonds. The van der Waals surface area contributed by atoms with Crippen molar-refractivity contribution in [3.05, 3.63) is 29.6 Å². The first-order valence-corrected chi connectivity index (χ1v) is 6.61. The lowest BCUT2D eigenvalue weighted by atomic mass is 10.2. The summed E-state index contributed by atoms with van der Waals surface area (Å²) in [5.41, 5.74) is 5.88. The Balaban J connectivity index is 2.81. The molecule has 3 N–H and O–H groups in total. The standard InChI is InChI=1S/C10H15FN2O3S/c1-16-4-5-17(14,15)13-9-2-3-10(11)8(6-9)7-12/h2-3,6,13H,4-5,7,12H2,1H3. The fourth-order valence-corrected chi connectivity index (χ4v) is 2.19. The van der Waals surface area contributed by atoms with E-state index in [1.54, 1.807) is 0 Å². The van der Waals surface area contributed by atoms with Crippen molar-refractivity contribution in [2.24, 2.45) is 5.73 Å². The minimum Gasteiger partial charge on any atom is -0.384 e. The Morgan fingerprint density at radius 2 is 2.18 bits per heavy atom. The van der Waals surface area contributed by atoms with Gasteiger partial charge in [-0.2, -0.15) is 0 Å². The molecule has 0 aromatic heterocycles. The van der Waals surface area contributed by atoms with Crippen molar-refractivity contribution < 1.29 is 17.5 Å². The minimum absolute atomic E-state index is 0.0134. The third-order valence-corrected chi connectivity index (χ3v) is 3.35. The molecule has 0 radical (unpaired) electrons. The highest BCUT2D eigenvalue weighted by atomic mass is 32.2. The summed E-state index contributed by atoms with van der Waals surface area (Å²) < 4.78 is 43.2. The lowest BCUT2D eigenvalue weighted by Crippen LogP contribution is -2.20. The van der Waals surface area contributed by atoms with Gasteiger partial charge in [-0.25, -0.2) is 12.8 Å². The van der Waals surface area contributed by atoms with Gasteiger partial charge in [0, 0.05) is 24.9 Å². The summed E-state index contributed by atoms with van der Waals surface area (Å²) in [6.45, 7) is 0.111. The number of ether oxygens (including phenoxy) is 1. The Kier molecular flexibility index (Phi) is 4.86. The van der Waals surface area contributed by atoms with Crippen molar-refractivity contribution in [3.63, 3.8) is 0 Å². The summed E-state index contributed by atoms with van der Waals surface area (Å²) in [6.07, 6.45) is 0. The summed E-state index contributed by atoms with van der Waals surface area (Å²) in [4.78, 5) is 0. The van der Waals surface area contributed by atoms with Crippen molar-refractivity contribution in [2.75, 3.05) is 24.2 Å². The van der Waals surface area contributed by atoms with Crippen molar-refractivity contribution >= 4 is 15.7 Å². The van der Waals surface area contributed by atoms with Crippen LogP contribution in [-0.4, -0.2) is 27.9 Å². The first kappa shape index (κ1) is 13.9. The lowest BCUT2D eigenvalue weighted by molar-refractivity contribution is 0.217. The SMILES string of the molecule is COCCS(=O)(=O)Nc1ccc(F)c(CN)c1. The van der Waals surface area contributed by atoms with Gasteiger partial charge in [-0.05, 0) is 18.2 Å². The van der Waals surface area contributed by atoms with Crippen LogP contribution in [-0.2, 0) is 21.3 Å². The number of benzene rings is 1.